The van der Waals surface area contributed by atoms with Crippen molar-refractivity contribution in [3.05, 3.63) is 46.5 Å². The second-order valence-electron chi connectivity index (χ2n) is 8.10. The lowest BCUT2D eigenvalue weighted by molar-refractivity contribution is -0.0394. The maximum absolute atomic E-state index is 15.0. The molecule has 2 aliphatic heterocycles. The number of hydrogen-bond donors (Lipinski definition) is 2. The number of nitrogens with zero attached hydrogens (tertiary/aromatic N) is 5. The number of alkyl halides is 2. The summed E-state index contributed by atoms with van der Waals surface area (Å²) in [6.07, 6.45) is -0.935. The van der Waals surface area contributed by atoms with Crippen molar-refractivity contribution in [1.82, 2.24) is 14.7 Å². The molecule has 3 heterocycles. The topological polar surface area (TPSA) is 118 Å². The number of amides is 2. The molecule has 1 unspecified atom stereocenters. The molecule has 2 aliphatic rings. The second kappa shape index (κ2) is 7.84. The van der Waals surface area contributed by atoms with Crippen LogP contribution in [0, 0.1) is 28.5 Å². The number of nitriles is 2. The smallest absolute Gasteiger partial charge is 0.322 e. The number of nitrogens with one attached hydrogen (secondary N) is 1. The van der Waals surface area contributed by atoms with Gasteiger partial charge in [0.2, 0.25) is 0 Å². The minimum Gasteiger partial charge on any atom is -0.387 e. The van der Waals surface area contributed by atoms with Gasteiger partial charge in [-0.2, -0.15) is 24.4 Å². The zero-order chi connectivity index (χ0) is 23.1. The minimum atomic E-state index is -3.28. The van der Waals surface area contributed by atoms with Crippen LogP contribution in [0.4, 0.5) is 23.7 Å². The molecule has 0 aliphatic carbocycles. The lowest BCUT2D eigenvalue weighted by atomic mass is 9.93. The standard InChI is InChI=1S/C21H19F3N6O2/c22-16-2-1-14(9-13(16)10-26)27-19(31)29-8-3-17-15(11-29)18-21(23,24)5-4-20(32,6-7-25)12-30(18)28-17/h1-2,9,32H,3-6,8,11-12H2,(H,27,31). The van der Waals surface area contributed by atoms with Crippen molar-refractivity contribution in [2.24, 2.45) is 0 Å². The number of carbonyl (C=O) groups is 1. The number of aromatic nitrogens is 2. The number of benzene rings is 1. The first-order chi connectivity index (χ1) is 15.2. The van der Waals surface area contributed by atoms with Gasteiger partial charge in [-0.1, -0.05) is 0 Å². The maximum atomic E-state index is 15.0. The van der Waals surface area contributed by atoms with Crippen LogP contribution in [-0.4, -0.2) is 38.0 Å². The minimum absolute atomic E-state index is 0.116. The molecule has 1 atom stereocenters. The molecule has 0 spiro atoms. The molecule has 166 valence electrons. The van der Waals surface area contributed by atoms with Crippen molar-refractivity contribution in [1.29, 1.82) is 10.5 Å². The molecule has 0 radical (unpaired) electrons. The Bertz CT molecular complexity index is 1170. The number of carbonyl (C=O) groups excluding carboxylic acids is 1. The van der Waals surface area contributed by atoms with Crippen LogP contribution in [0.1, 0.15) is 41.8 Å². The zero-order valence-corrected chi connectivity index (χ0v) is 16.9. The van der Waals surface area contributed by atoms with Gasteiger partial charge in [-0.05, 0) is 24.6 Å². The molecule has 0 fully saturated rings. The Balaban J connectivity index is 1.59. The molecule has 0 saturated heterocycles. The van der Waals surface area contributed by atoms with Crippen molar-refractivity contribution in [2.75, 3.05) is 11.9 Å². The normalized spacial score (nSPS) is 21.5. The first-order valence-corrected chi connectivity index (χ1v) is 9.97. The third-order valence-electron chi connectivity index (χ3n) is 5.83. The molecular weight excluding hydrogens is 425 g/mol. The molecule has 2 N–H and O–H groups in total. The number of fused-ring (bicyclic) bond motifs is 3. The summed E-state index contributed by atoms with van der Waals surface area (Å²) in [4.78, 5) is 14.1. The molecule has 2 aromatic rings. The predicted molar refractivity (Wildman–Crippen MR) is 105 cm³/mol. The summed E-state index contributed by atoms with van der Waals surface area (Å²) < 4.78 is 44.6. The number of hydrogen-bond acceptors (Lipinski definition) is 5. The highest BCUT2D eigenvalue weighted by atomic mass is 19.3. The van der Waals surface area contributed by atoms with Gasteiger partial charge in [0.15, 0.2) is 0 Å². The highest BCUT2D eigenvalue weighted by Gasteiger charge is 2.47. The quantitative estimate of drug-likeness (QED) is 0.738. The van der Waals surface area contributed by atoms with E-state index in [4.69, 9.17) is 10.5 Å². The molecule has 0 bridgehead atoms. The van der Waals surface area contributed by atoms with E-state index in [1.54, 1.807) is 6.07 Å². The molecule has 8 nitrogen and oxygen atoms in total. The summed E-state index contributed by atoms with van der Waals surface area (Å²) in [6.45, 7) is -0.123. The lowest BCUT2D eigenvalue weighted by Crippen LogP contribution is -2.39. The van der Waals surface area contributed by atoms with Crippen molar-refractivity contribution < 1.29 is 23.1 Å². The molecule has 0 saturated carbocycles. The number of urea groups is 1. The monoisotopic (exact) mass is 444 g/mol. The van der Waals surface area contributed by atoms with Crippen LogP contribution in [0.15, 0.2) is 18.2 Å². The Kier molecular flexibility index (Phi) is 5.31. The van der Waals surface area contributed by atoms with Crippen LogP contribution in [-0.2, 0) is 25.4 Å². The Morgan fingerprint density at radius 2 is 2.09 bits per heavy atom. The highest BCUT2D eigenvalue weighted by Crippen LogP contribution is 2.43. The SMILES string of the molecule is N#CCC1(O)CCC(F)(F)c2c3c(nn2C1)CCN(C(=O)Nc1ccc(F)c(C#N)c1)C3. The van der Waals surface area contributed by atoms with E-state index in [1.807, 2.05) is 6.07 Å². The van der Waals surface area contributed by atoms with Crippen LogP contribution in [0.25, 0.3) is 0 Å². The van der Waals surface area contributed by atoms with Crippen LogP contribution in [0.3, 0.4) is 0 Å². The van der Waals surface area contributed by atoms with Gasteiger partial charge in [-0.3, -0.25) is 4.68 Å². The van der Waals surface area contributed by atoms with E-state index in [2.05, 4.69) is 10.4 Å². The maximum Gasteiger partial charge on any atom is 0.322 e. The molecule has 4 rings (SSSR count). The molecule has 32 heavy (non-hydrogen) atoms. The van der Waals surface area contributed by atoms with E-state index < -0.39 is 29.8 Å². The van der Waals surface area contributed by atoms with E-state index in [1.165, 1.54) is 17.0 Å². The highest BCUT2D eigenvalue weighted by molar-refractivity contribution is 5.89. The average molecular weight is 444 g/mol. The summed E-state index contributed by atoms with van der Waals surface area (Å²) >= 11 is 0. The van der Waals surface area contributed by atoms with E-state index >= 15 is 8.78 Å². The number of rotatable bonds is 2. The summed E-state index contributed by atoms with van der Waals surface area (Å²) in [5.41, 5.74) is -1.30. The molecular formula is C21H19F3N6O2. The Hall–Kier alpha value is -3.57. The van der Waals surface area contributed by atoms with Crippen molar-refractivity contribution >= 4 is 11.7 Å². The molecule has 1 aromatic carbocycles. The molecule has 2 amide bonds. The fraction of sp³-hybridized carbons (Fsp3) is 0.429. The first kappa shape index (κ1) is 21.7. The lowest BCUT2D eigenvalue weighted by Gasteiger charge is -2.28. The fourth-order valence-corrected chi connectivity index (χ4v) is 4.17. The van der Waals surface area contributed by atoms with Crippen molar-refractivity contribution in [3.8, 4) is 12.1 Å². The van der Waals surface area contributed by atoms with E-state index in [0.29, 0.717) is 5.69 Å². The first-order valence-electron chi connectivity index (χ1n) is 9.97. The Morgan fingerprint density at radius 3 is 2.81 bits per heavy atom. The summed E-state index contributed by atoms with van der Waals surface area (Å²) in [5, 5.41) is 35.3. The third kappa shape index (κ3) is 3.87. The molecule has 1 aromatic heterocycles. The predicted octanol–water partition coefficient (Wildman–Crippen LogP) is 3.01. The Morgan fingerprint density at radius 1 is 1.31 bits per heavy atom. The van der Waals surface area contributed by atoms with Crippen molar-refractivity contribution in [2.45, 2.75) is 50.3 Å². The fourth-order valence-electron chi connectivity index (χ4n) is 4.17. The van der Waals surface area contributed by atoms with Crippen molar-refractivity contribution in [3.63, 3.8) is 0 Å². The zero-order valence-electron chi connectivity index (χ0n) is 16.9. The third-order valence-corrected chi connectivity index (χ3v) is 5.83. The van der Waals surface area contributed by atoms with Gasteiger partial charge >= 0.3 is 6.03 Å². The van der Waals surface area contributed by atoms with Gasteiger partial charge < -0.3 is 15.3 Å². The number of anilines is 1. The van der Waals surface area contributed by atoms with Gasteiger partial charge in [0.25, 0.3) is 5.92 Å². The van der Waals surface area contributed by atoms with E-state index in [9.17, 15) is 14.3 Å². The molecule has 11 heteroatoms. The average Bonchev–Trinajstić information content (AvgIpc) is 3.07. The summed E-state index contributed by atoms with van der Waals surface area (Å²) in [6, 6.07) is 6.51. The van der Waals surface area contributed by atoms with Gasteiger partial charge in [0.05, 0.1) is 42.4 Å². The van der Waals surface area contributed by atoms with Crippen LogP contribution in [0.2, 0.25) is 0 Å². The van der Waals surface area contributed by atoms with Gasteiger partial charge in [-0.25, -0.2) is 9.18 Å². The Labute approximate surface area is 181 Å². The number of aliphatic hydroxyl groups is 1. The van der Waals surface area contributed by atoms with Crippen LogP contribution < -0.4 is 5.32 Å². The van der Waals surface area contributed by atoms with Gasteiger partial charge in [0.1, 0.15) is 17.6 Å². The van der Waals surface area contributed by atoms with Crippen LogP contribution >= 0.6 is 0 Å². The van der Waals surface area contributed by atoms with Gasteiger partial charge in [0, 0.05) is 30.6 Å². The van der Waals surface area contributed by atoms with Crippen LogP contribution in [0.5, 0.6) is 0 Å². The largest absolute Gasteiger partial charge is 0.387 e. The van der Waals surface area contributed by atoms with E-state index in [-0.39, 0.29) is 61.4 Å². The van der Waals surface area contributed by atoms with E-state index in [0.717, 1.165) is 10.7 Å². The summed E-state index contributed by atoms with van der Waals surface area (Å²) in [7, 11) is 0. The second-order valence-corrected chi connectivity index (χ2v) is 8.10. The summed E-state index contributed by atoms with van der Waals surface area (Å²) in [5.74, 6) is -3.99. The number of halogens is 3. The van der Waals surface area contributed by atoms with Gasteiger partial charge in [-0.15, -0.1) is 0 Å².